The van der Waals surface area contributed by atoms with Crippen molar-refractivity contribution < 1.29 is 9.59 Å². The highest BCUT2D eigenvalue weighted by atomic mass is 16.2. The van der Waals surface area contributed by atoms with Crippen molar-refractivity contribution in [3.63, 3.8) is 0 Å². The molecule has 0 aromatic carbocycles. The first-order valence-corrected chi connectivity index (χ1v) is 6.22. The minimum atomic E-state index is 0.0485. The second kappa shape index (κ2) is 4.20. The summed E-state index contributed by atoms with van der Waals surface area (Å²) in [5.74, 6) is 0.266. The summed E-state index contributed by atoms with van der Waals surface area (Å²) >= 11 is 0. The fourth-order valence-corrected chi connectivity index (χ4v) is 2.70. The smallest absolute Gasteiger partial charge is 0.319 e. The number of nitrogens with zero attached hydrogens (tertiary/aromatic N) is 3. The van der Waals surface area contributed by atoms with Gasteiger partial charge in [-0.25, -0.2) is 4.79 Å². The lowest BCUT2D eigenvalue weighted by Gasteiger charge is -2.47. The van der Waals surface area contributed by atoms with Crippen LogP contribution in [0.5, 0.6) is 0 Å². The average Bonchev–Trinajstić information content (AvgIpc) is 2.54. The topological polar surface area (TPSA) is 43.9 Å². The van der Waals surface area contributed by atoms with E-state index in [4.69, 9.17) is 0 Å². The van der Waals surface area contributed by atoms with Crippen LogP contribution in [0.1, 0.15) is 20.3 Å². The number of hydrogen-bond donors (Lipinski definition) is 0. The van der Waals surface area contributed by atoms with E-state index in [-0.39, 0.29) is 29.9 Å². The zero-order valence-corrected chi connectivity index (χ0v) is 11.0. The lowest BCUT2D eigenvalue weighted by atomic mass is 9.97. The largest absolute Gasteiger partial charge is 0.336 e. The number of urea groups is 1. The highest BCUT2D eigenvalue weighted by molar-refractivity contribution is 5.80. The molecule has 96 valence electrons. The molecule has 2 fully saturated rings. The summed E-state index contributed by atoms with van der Waals surface area (Å²) in [7, 11) is 3.53. The molecule has 2 atom stereocenters. The number of carbonyl (C=O) groups is 2. The third-order valence-corrected chi connectivity index (χ3v) is 3.70. The molecule has 0 aromatic heterocycles. The summed E-state index contributed by atoms with van der Waals surface area (Å²) in [6.07, 6.45) is 0.919. The molecule has 0 spiro atoms. The van der Waals surface area contributed by atoms with Gasteiger partial charge in [0, 0.05) is 33.1 Å². The van der Waals surface area contributed by atoms with Gasteiger partial charge in [-0.2, -0.15) is 0 Å². The minimum Gasteiger partial charge on any atom is -0.336 e. The highest BCUT2D eigenvalue weighted by Crippen LogP contribution is 2.33. The standard InChI is InChI=1S/C12H21N3O2/c1-8(2)11(16)14-6-5-9-10(14)7-15(9)12(17)13(3)4/h8-10H,5-7H2,1-4H3. The van der Waals surface area contributed by atoms with Crippen LogP contribution in [0, 0.1) is 5.92 Å². The van der Waals surface area contributed by atoms with Crippen LogP contribution in [-0.2, 0) is 4.79 Å². The summed E-state index contributed by atoms with van der Waals surface area (Å²) in [6.45, 7) is 5.35. The highest BCUT2D eigenvalue weighted by Gasteiger charge is 2.50. The van der Waals surface area contributed by atoms with Crippen LogP contribution in [0.2, 0.25) is 0 Å². The second-order valence-electron chi connectivity index (χ2n) is 5.44. The molecule has 2 saturated heterocycles. The molecule has 3 amide bonds. The Morgan fingerprint density at radius 2 is 1.82 bits per heavy atom. The zero-order chi connectivity index (χ0) is 12.7. The molecular formula is C12H21N3O2. The van der Waals surface area contributed by atoms with Crippen molar-refractivity contribution in [2.75, 3.05) is 27.2 Å². The predicted octanol–water partition coefficient (Wildman–Crippen LogP) is 0.609. The SMILES string of the molecule is CC(C)C(=O)N1CCC2C1CN2C(=O)N(C)C. The molecule has 0 bridgehead atoms. The van der Waals surface area contributed by atoms with E-state index < -0.39 is 0 Å². The molecule has 0 radical (unpaired) electrons. The predicted molar refractivity (Wildman–Crippen MR) is 64.5 cm³/mol. The summed E-state index contributed by atoms with van der Waals surface area (Å²) in [6, 6.07) is 0.562. The molecule has 2 aliphatic heterocycles. The molecule has 2 heterocycles. The Morgan fingerprint density at radius 3 is 2.35 bits per heavy atom. The number of fused-ring (bicyclic) bond motifs is 1. The molecule has 2 aliphatic rings. The first-order chi connectivity index (χ1) is 7.93. The summed E-state index contributed by atoms with van der Waals surface area (Å²) in [5, 5.41) is 0. The normalized spacial score (nSPS) is 26.9. The molecule has 0 N–H and O–H groups in total. The Balaban J connectivity index is 1.98. The third-order valence-electron chi connectivity index (χ3n) is 3.70. The average molecular weight is 239 g/mol. The minimum absolute atomic E-state index is 0.0485. The molecule has 2 rings (SSSR count). The zero-order valence-electron chi connectivity index (χ0n) is 11.0. The lowest BCUT2D eigenvalue weighted by Crippen LogP contribution is -2.66. The fraction of sp³-hybridized carbons (Fsp3) is 0.833. The van der Waals surface area contributed by atoms with Crippen LogP contribution in [0.3, 0.4) is 0 Å². The molecule has 5 nitrogen and oxygen atoms in total. The van der Waals surface area contributed by atoms with E-state index in [2.05, 4.69) is 0 Å². The molecule has 0 saturated carbocycles. The monoisotopic (exact) mass is 239 g/mol. The Hall–Kier alpha value is -1.26. The van der Waals surface area contributed by atoms with Crippen molar-refractivity contribution >= 4 is 11.9 Å². The summed E-state index contributed by atoms with van der Waals surface area (Å²) in [5.41, 5.74) is 0. The lowest BCUT2D eigenvalue weighted by molar-refractivity contribution is -0.137. The van der Waals surface area contributed by atoms with Crippen LogP contribution in [0.15, 0.2) is 0 Å². The fourth-order valence-electron chi connectivity index (χ4n) is 2.70. The second-order valence-corrected chi connectivity index (χ2v) is 5.44. The van der Waals surface area contributed by atoms with E-state index in [0.717, 1.165) is 13.0 Å². The Labute approximate surface area is 102 Å². The number of amides is 3. The van der Waals surface area contributed by atoms with Crippen molar-refractivity contribution in [2.24, 2.45) is 5.92 Å². The first kappa shape index (κ1) is 12.2. The van der Waals surface area contributed by atoms with Gasteiger partial charge in [0.2, 0.25) is 5.91 Å². The van der Waals surface area contributed by atoms with E-state index >= 15 is 0 Å². The number of hydrogen-bond acceptors (Lipinski definition) is 2. The molecule has 0 aromatic rings. The van der Waals surface area contributed by atoms with Crippen molar-refractivity contribution in [2.45, 2.75) is 32.4 Å². The van der Waals surface area contributed by atoms with Crippen LogP contribution in [0.25, 0.3) is 0 Å². The van der Waals surface area contributed by atoms with Crippen molar-refractivity contribution in [1.82, 2.24) is 14.7 Å². The van der Waals surface area contributed by atoms with Crippen LogP contribution in [-0.4, -0.2) is 65.9 Å². The van der Waals surface area contributed by atoms with E-state index in [9.17, 15) is 9.59 Å². The Kier molecular flexibility index (Phi) is 3.02. The maximum atomic E-state index is 12.0. The van der Waals surface area contributed by atoms with Gasteiger partial charge in [-0.15, -0.1) is 0 Å². The number of likely N-dealkylation sites (tertiary alicyclic amines) is 2. The molecule has 2 unspecified atom stereocenters. The van der Waals surface area contributed by atoms with Gasteiger partial charge < -0.3 is 14.7 Å². The van der Waals surface area contributed by atoms with E-state index in [1.807, 2.05) is 23.6 Å². The first-order valence-electron chi connectivity index (χ1n) is 6.22. The van der Waals surface area contributed by atoms with E-state index in [1.165, 1.54) is 0 Å². The van der Waals surface area contributed by atoms with Crippen LogP contribution in [0.4, 0.5) is 4.79 Å². The van der Waals surface area contributed by atoms with Gasteiger partial charge in [-0.1, -0.05) is 13.8 Å². The van der Waals surface area contributed by atoms with E-state index in [1.54, 1.807) is 19.0 Å². The van der Waals surface area contributed by atoms with Gasteiger partial charge in [0.25, 0.3) is 0 Å². The van der Waals surface area contributed by atoms with Gasteiger partial charge in [-0.3, -0.25) is 4.79 Å². The molecule has 5 heteroatoms. The molecular weight excluding hydrogens is 218 g/mol. The van der Waals surface area contributed by atoms with E-state index in [0.29, 0.717) is 6.54 Å². The van der Waals surface area contributed by atoms with Gasteiger partial charge in [0.15, 0.2) is 0 Å². The Morgan fingerprint density at radius 1 is 1.18 bits per heavy atom. The summed E-state index contributed by atoms with van der Waals surface area (Å²) < 4.78 is 0. The molecule has 17 heavy (non-hydrogen) atoms. The third kappa shape index (κ3) is 1.87. The van der Waals surface area contributed by atoms with Crippen LogP contribution >= 0.6 is 0 Å². The van der Waals surface area contributed by atoms with Crippen molar-refractivity contribution in [3.05, 3.63) is 0 Å². The number of rotatable bonds is 1. The number of carbonyl (C=O) groups excluding carboxylic acids is 2. The maximum Gasteiger partial charge on any atom is 0.319 e. The van der Waals surface area contributed by atoms with Crippen molar-refractivity contribution in [3.8, 4) is 0 Å². The van der Waals surface area contributed by atoms with Gasteiger partial charge >= 0.3 is 6.03 Å². The van der Waals surface area contributed by atoms with Gasteiger partial charge in [0.05, 0.1) is 12.1 Å². The molecule has 0 aliphatic carbocycles. The van der Waals surface area contributed by atoms with Gasteiger partial charge in [-0.05, 0) is 6.42 Å². The van der Waals surface area contributed by atoms with Gasteiger partial charge in [0.1, 0.15) is 0 Å². The summed E-state index contributed by atoms with van der Waals surface area (Å²) in [4.78, 5) is 29.2. The van der Waals surface area contributed by atoms with Crippen LogP contribution < -0.4 is 0 Å². The maximum absolute atomic E-state index is 12.0. The van der Waals surface area contributed by atoms with Crippen molar-refractivity contribution in [1.29, 1.82) is 0 Å². The Bertz CT molecular complexity index is 341. The quantitative estimate of drug-likeness (QED) is 0.673.